The van der Waals surface area contributed by atoms with E-state index in [2.05, 4.69) is 43.4 Å². The van der Waals surface area contributed by atoms with Crippen molar-refractivity contribution in [1.82, 2.24) is 5.32 Å². The predicted molar refractivity (Wildman–Crippen MR) is 81.2 cm³/mol. The van der Waals surface area contributed by atoms with Crippen LogP contribution in [0.1, 0.15) is 57.1 Å². The van der Waals surface area contributed by atoms with E-state index in [0.29, 0.717) is 0 Å². The average Bonchev–Trinajstić information content (AvgIpc) is 2.40. The van der Waals surface area contributed by atoms with Crippen LogP contribution in [-0.4, -0.2) is 13.1 Å². The SMILES string of the molecule is CCCc1ccc(CCCCCCNCC)cc1. The molecule has 0 amide bonds. The van der Waals surface area contributed by atoms with Gasteiger partial charge in [0.15, 0.2) is 0 Å². The Hall–Kier alpha value is -0.820. The van der Waals surface area contributed by atoms with Crippen LogP contribution in [-0.2, 0) is 12.8 Å². The fourth-order valence-corrected chi connectivity index (χ4v) is 2.27. The van der Waals surface area contributed by atoms with Gasteiger partial charge in [0, 0.05) is 0 Å². The molecule has 0 heterocycles. The molecule has 1 heteroatoms. The first kappa shape index (κ1) is 15.2. The van der Waals surface area contributed by atoms with Gasteiger partial charge < -0.3 is 5.32 Å². The lowest BCUT2D eigenvalue weighted by atomic mass is 10.0. The smallest absolute Gasteiger partial charge is 0.00490 e. The number of aryl methyl sites for hydroxylation is 2. The molecule has 0 aliphatic heterocycles. The van der Waals surface area contributed by atoms with Crippen molar-refractivity contribution in [2.75, 3.05) is 13.1 Å². The summed E-state index contributed by atoms with van der Waals surface area (Å²) in [6.07, 6.45) is 9.08. The Morgan fingerprint density at radius 2 is 1.39 bits per heavy atom. The highest BCUT2D eigenvalue weighted by molar-refractivity contribution is 5.22. The van der Waals surface area contributed by atoms with Crippen molar-refractivity contribution in [1.29, 1.82) is 0 Å². The van der Waals surface area contributed by atoms with Gasteiger partial charge in [0.1, 0.15) is 0 Å². The lowest BCUT2D eigenvalue weighted by molar-refractivity contribution is 0.598. The highest BCUT2D eigenvalue weighted by Gasteiger charge is 1.95. The van der Waals surface area contributed by atoms with E-state index in [9.17, 15) is 0 Å². The van der Waals surface area contributed by atoms with Crippen molar-refractivity contribution < 1.29 is 0 Å². The Bertz CT molecular complexity index is 289. The van der Waals surface area contributed by atoms with Crippen LogP contribution in [0, 0.1) is 0 Å². The van der Waals surface area contributed by atoms with Crippen molar-refractivity contribution in [2.45, 2.75) is 58.8 Å². The fourth-order valence-electron chi connectivity index (χ4n) is 2.27. The number of nitrogens with one attached hydrogen (secondary N) is 1. The third kappa shape index (κ3) is 6.80. The highest BCUT2D eigenvalue weighted by atomic mass is 14.8. The fraction of sp³-hybridized carbons (Fsp3) is 0.647. The van der Waals surface area contributed by atoms with E-state index >= 15 is 0 Å². The molecular formula is C17H29N. The van der Waals surface area contributed by atoms with Gasteiger partial charge in [-0.25, -0.2) is 0 Å². The zero-order chi connectivity index (χ0) is 13.1. The number of hydrogen-bond acceptors (Lipinski definition) is 1. The van der Waals surface area contributed by atoms with Crippen LogP contribution in [0.15, 0.2) is 24.3 Å². The molecule has 0 unspecified atom stereocenters. The molecule has 102 valence electrons. The molecule has 18 heavy (non-hydrogen) atoms. The van der Waals surface area contributed by atoms with E-state index in [1.807, 2.05) is 0 Å². The summed E-state index contributed by atoms with van der Waals surface area (Å²) in [6, 6.07) is 9.21. The first-order valence-electron chi connectivity index (χ1n) is 7.65. The van der Waals surface area contributed by atoms with Gasteiger partial charge in [0.05, 0.1) is 0 Å². The summed E-state index contributed by atoms with van der Waals surface area (Å²) < 4.78 is 0. The molecule has 0 fully saturated rings. The highest BCUT2D eigenvalue weighted by Crippen LogP contribution is 2.10. The van der Waals surface area contributed by atoms with Gasteiger partial charge in [-0.05, 0) is 49.9 Å². The summed E-state index contributed by atoms with van der Waals surface area (Å²) in [5.74, 6) is 0. The third-order valence-corrected chi connectivity index (χ3v) is 3.38. The van der Waals surface area contributed by atoms with Crippen LogP contribution >= 0.6 is 0 Å². The summed E-state index contributed by atoms with van der Waals surface area (Å²) in [6.45, 7) is 6.69. The second kappa shape index (κ2) is 10.1. The lowest BCUT2D eigenvalue weighted by Gasteiger charge is -2.04. The third-order valence-electron chi connectivity index (χ3n) is 3.38. The van der Waals surface area contributed by atoms with E-state index in [1.54, 1.807) is 0 Å². The largest absolute Gasteiger partial charge is 0.317 e. The van der Waals surface area contributed by atoms with Gasteiger partial charge >= 0.3 is 0 Å². The van der Waals surface area contributed by atoms with Crippen molar-refractivity contribution >= 4 is 0 Å². The second-order valence-electron chi connectivity index (χ2n) is 5.08. The molecule has 0 saturated heterocycles. The van der Waals surface area contributed by atoms with Crippen LogP contribution in [0.4, 0.5) is 0 Å². The van der Waals surface area contributed by atoms with Crippen molar-refractivity contribution in [2.24, 2.45) is 0 Å². The number of unbranched alkanes of at least 4 members (excludes halogenated alkanes) is 3. The number of hydrogen-bond donors (Lipinski definition) is 1. The minimum atomic E-state index is 1.10. The summed E-state index contributed by atoms with van der Waals surface area (Å²) in [7, 11) is 0. The lowest BCUT2D eigenvalue weighted by Crippen LogP contribution is -2.13. The molecule has 0 atom stereocenters. The van der Waals surface area contributed by atoms with E-state index in [1.165, 1.54) is 62.6 Å². The van der Waals surface area contributed by atoms with E-state index in [-0.39, 0.29) is 0 Å². The average molecular weight is 247 g/mol. The molecule has 0 saturated carbocycles. The van der Waals surface area contributed by atoms with Gasteiger partial charge in [-0.3, -0.25) is 0 Å². The first-order chi connectivity index (χ1) is 8.86. The summed E-state index contributed by atoms with van der Waals surface area (Å²) in [5, 5.41) is 3.38. The molecule has 1 aromatic rings. The Morgan fingerprint density at radius 3 is 2.00 bits per heavy atom. The van der Waals surface area contributed by atoms with Crippen LogP contribution in [0.25, 0.3) is 0 Å². The van der Waals surface area contributed by atoms with E-state index in [4.69, 9.17) is 0 Å². The van der Waals surface area contributed by atoms with Gasteiger partial charge in [-0.1, -0.05) is 57.4 Å². The maximum Gasteiger partial charge on any atom is -0.00490 e. The molecule has 1 rings (SSSR count). The summed E-state index contributed by atoms with van der Waals surface area (Å²) in [5.41, 5.74) is 2.98. The molecule has 0 spiro atoms. The van der Waals surface area contributed by atoms with E-state index < -0.39 is 0 Å². The van der Waals surface area contributed by atoms with Crippen molar-refractivity contribution in [3.8, 4) is 0 Å². The first-order valence-corrected chi connectivity index (χ1v) is 7.65. The standard InChI is InChI=1S/C17H29N/c1-3-9-16-11-13-17(14-12-16)10-7-5-6-8-15-18-4-2/h11-14,18H,3-10,15H2,1-2H3. The van der Waals surface area contributed by atoms with Gasteiger partial charge in [0.2, 0.25) is 0 Å². The quantitative estimate of drug-likeness (QED) is 0.606. The molecule has 1 nitrogen and oxygen atoms in total. The van der Waals surface area contributed by atoms with Gasteiger partial charge in [-0.15, -0.1) is 0 Å². The Kier molecular flexibility index (Phi) is 8.58. The van der Waals surface area contributed by atoms with Crippen LogP contribution in [0.3, 0.4) is 0 Å². The predicted octanol–water partition coefficient (Wildman–Crippen LogP) is 4.35. The normalized spacial score (nSPS) is 10.8. The van der Waals surface area contributed by atoms with Gasteiger partial charge in [0.25, 0.3) is 0 Å². The summed E-state index contributed by atoms with van der Waals surface area (Å²) >= 11 is 0. The molecule has 1 N–H and O–H groups in total. The zero-order valence-electron chi connectivity index (χ0n) is 12.2. The molecule has 0 aliphatic carbocycles. The van der Waals surface area contributed by atoms with Crippen LogP contribution in [0.5, 0.6) is 0 Å². The molecule has 0 radical (unpaired) electrons. The molecule has 0 bridgehead atoms. The minimum absolute atomic E-state index is 1.10. The van der Waals surface area contributed by atoms with E-state index in [0.717, 1.165) is 6.54 Å². The number of benzene rings is 1. The Balaban J connectivity index is 2.08. The monoisotopic (exact) mass is 247 g/mol. The Labute approximate surface area is 113 Å². The van der Waals surface area contributed by atoms with Crippen molar-refractivity contribution in [3.63, 3.8) is 0 Å². The van der Waals surface area contributed by atoms with Crippen LogP contribution < -0.4 is 5.32 Å². The molecule has 1 aromatic carbocycles. The summed E-state index contributed by atoms with van der Waals surface area (Å²) in [4.78, 5) is 0. The maximum atomic E-state index is 3.38. The zero-order valence-corrected chi connectivity index (χ0v) is 12.2. The van der Waals surface area contributed by atoms with Crippen molar-refractivity contribution in [3.05, 3.63) is 35.4 Å². The number of rotatable bonds is 10. The minimum Gasteiger partial charge on any atom is -0.317 e. The van der Waals surface area contributed by atoms with Crippen LogP contribution in [0.2, 0.25) is 0 Å². The molecule has 0 aliphatic rings. The Morgan fingerprint density at radius 1 is 0.778 bits per heavy atom. The second-order valence-corrected chi connectivity index (χ2v) is 5.08. The topological polar surface area (TPSA) is 12.0 Å². The van der Waals surface area contributed by atoms with Gasteiger partial charge in [-0.2, -0.15) is 0 Å². The maximum absolute atomic E-state index is 3.38. The molecule has 0 aromatic heterocycles. The molecular weight excluding hydrogens is 218 g/mol.